The van der Waals surface area contributed by atoms with Gasteiger partial charge in [0, 0.05) is 19.2 Å². The van der Waals surface area contributed by atoms with E-state index in [-0.39, 0.29) is 11.7 Å². The topological polar surface area (TPSA) is 87.9 Å². The predicted molar refractivity (Wildman–Crippen MR) is 65.6 cm³/mol. The minimum atomic E-state index is -0.101. The highest BCUT2D eigenvalue weighted by Gasteiger charge is 2.23. The molecule has 1 amide bonds. The molecule has 0 saturated carbocycles. The molecule has 0 bridgehead atoms. The van der Waals surface area contributed by atoms with Gasteiger partial charge in [-0.1, -0.05) is 5.16 Å². The number of carbonyl (C=O) groups is 1. The monoisotopic (exact) mass is 261 g/mol. The van der Waals surface area contributed by atoms with Crippen LogP contribution in [-0.2, 0) is 6.42 Å². The third kappa shape index (κ3) is 2.49. The van der Waals surface area contributed by atoms with Crippen LogP contribution in [0.1, 0.15) is 40.7 Å². The number of carbonyl (C=O) groups excluding carboxylic acids is 1. The quantitative estimate of drug-likeness (QED) is 0.887. The Kier molecular flexibility index (Phi) is 3.02. The van der Waals surface area contributed by atoms with Gasteiger partial charge in [-0.2, -0.15) is 0 Å². The van der Waals surface area contributed by atoms with E-state index in [4.69, 9.17) is 4.52 Å². The minimum Gasteiger partial charge on any atom is -0.361 e. The molecule has 2 aromatic rings. The molecule has 0 radical (unpaired) electrons. The Morgan fingerprint density at radius 3 is 2.95 bits per heavy atom. The maximum atomic E-state index is 12.1. The number of amides is 1. The summed E-state index contributed by atoms with van der Waals surface area (Å²) in [7, 11) is 0. The van der Waals surface area contributed by atoms with Crippen LogP contribution in [-0.4, -0.2) is 44.2 Å². The molecule has 1 saturated heterocycles. The van der Waals surface area contributed by atoms with Crippen molar-refractivity contribution in [1.82, 2.24) is 25.2 Å². The van der Waals surface area contributed by atoms with Crippen molar-refractivity contribution in [3.05, 3.63) is 29.2 Å². The van der Waals surface area contributed by atoms with Crippen LogP contribution in [0.5, 0.6) is 0 Å². The predicted octanol–water partition coefficient (Wildman–Crippen LogP) is 0.928. The highest BCUT2D eigenvalue weighted by molar-refractivity contribution is 5.90. The first kappa shape index (κ1) is 11.9. The summed E-state index contributed by atoms with van der Waals surface area (Å²) in [5.41, 5.74) is 0.772. The molecule has 0 spiro atoms. The number of likely N-dealkylation sites (tertiary alicyclic amines) is 1. The molecule has 0 aromatic carbocycles. The minimum absolute atomic E-state index is 0.101. The second-order valence-electron chi connectivity index (χ2n) is 4.71. The van der Waals surface area contributed by atoms with Crippen LogP contribution < -0.4 is 0 Å². The summed E-state index contributed by atoms with van der Waals surface area (Å²) >= 11 is 0. The average Bonchev–Trinajstić information content (AvgIpc) is 3.10. The van der Waals surface area contributed by atoms with Crippen molar-refractivity contribution in [2.24, 2.45) is 0 Å². The van der Waals surface area contributed by atoms with Gasteiger partial charge in [-0.05, 0) is 19.8 Å². The zero-order valence-electron chi connectivity index (χ0n) is 10.7. The lowest BCUT2D eigenvalue weighted by Crippen LogP contribution is -2.28. The van der Waals surface area contributed by atoms with Crippen molar-refractivity contribution in [3.63, 3.8) is 0 Å². The second kappa shape index (κ2) is 4.83. The Labute approximate surface area is 110 Å². The summed E-state index contributed by atoms with van der Waals surface area (Å²) in [6.07, 6.45) is 2.60. The van der Waals surface area contributed by atoms with Gasteiger partial charge >= 0.3 is 0 Å². The fourth-order valence-corrected chi connectivity index (χ4v) is 2.20. The van der Waals surface area contributed by atoms with Crippen molar-refractivity contribution in [3.8, 4) is 0 Å². The van der Waals surface area contributed by atoms with Crippen LogP contribution in [0.4, 0.5) is 0 Å². The van der Waals surface area contributed by atoms with E-state index in [1.54, 1.807) is 4.90 Å². The Morgan fingerprint density at radius 1 is 1.47 bits per heavy atom. The standard InChI is InChI=1S/C12H15N5O2/c1-8-6-9(16-19-8)7-10-13-11(15-14-10)12(18)17-4-2-3-5-17/h6H,2-5,7H2,1H3,(H,13,14,15). The third-order valence-corrected chi connectivity index (χ3v) is 3.14. The Balaban J connectivity index is 1.70. The van der Waals surface area contributed by atoms with Crippen LogP contribution >= 0.6 is 0 Å². The van der Waals surface area contributed by atoms with Crippen molar-refractivity contribution < 1.29 is 9.32 Å². The largest absolute Gasteiger partial charge is 0.361 e. The highest BCUT2D eigenvalue weighted by atomic mass is 16.5. The lowest BCUT2D eigenvalue weighted by Gasteiger charge is -2.11. The van der Waals surface area contributed by atoms with E-state index in [9.17, 15) is 4.79 Å². The van der Waals surface area contributed by atoms with Gasteiger partial charge in [-0.25, -0.2) is 4.98 Å². The number of nitrogens with zero attached hydrogens (tertiary/aromatic N) is 4. The van der Waals surface area contributed by atoms with Gasteiger partial charge in [0.15, 0.2) is 0 Å². The van der Waals surface area contributed by atoms with E-state index in [1.165, 1.54) is 0 Å². The van der Waals surface area contributed by atoms with Crippen LogP contribution in [0, 0.1) is 6.92 Å². The molecule has 3 heterocycles. The molecular weight excluding hydrogens is 246 g/mol. The van der Waals surface area contributed by atoms with Crippen LogP contribution in [0.3, 0.4) is 0 Å². The SMILES string of the molecule is Cc1cc(Cc2nc(C(=O)N3CCCC3)n[nH]2)no1. The molecule has 1 aliphatic rings. The summed E-state index contributed by atoms with van der Waals surface area (Å²) in [6.45, 7) is 3.43. The molecule has 0 atom stereocenters. The fourth-order valence-electron chi connectivity index (χ4n) is 2.20. The lowest BCUT2D eigenvalue weighted by molar-refractivity contribution is 0.0781. The number of nitrogens with one attached hydrogen (secondary N) is 1. The zero-order valence-corrected chi connectivity index (χ0v) is 10.7. The highest BCUT2D eigenvalue weighted by Crippen LogP contribution is 2.11. The van der Waals surface area contributed by atoms with Gasteiger partial charge in [0.05, 0.1) is 12.1 Å². The Hall–Kier alpha value is -2.18. The first-order valence-electron chi connectivity index (χ1n) is 6.35. The van der Waals surface area contributed by atoms with Crippen LogP contribution in [0.2, 0.25) is 0 Å². The molecule has 0 unspecified atom stereocenters. The molecule has 3 rings (SSSR count). The van der Waals surface area contributed by atoms with Crippen molar-refractivity contribution in [1.29, 1.82) is 0 Å². The van der Waals surface area contributed by atoms with Gasteiger partial charge in [0.25, 0.3) is 5.91 Å². The molecule has 1 aliphatic heterocycles. The maximum absolute atomic E-state index is 12.1. The Bertz CT molecular complexity index is 582. The number of H-pyrrole nitrogens is 1. The van der Waals surface area contributed by atoms with Crippen molar-refractivity contribution >= 4 is 5.91 Å². The van der Waals surface area contributed by atoms with Gasteiger partial charge in [0.2, 0.25) is 5.82 Å². The first-order valence-corrected chi connectivity index (χ1v) is 6.35. The molecule has 7 nitrogen and oxygen atoms in total. The molecule has 19 heavy (non-hydrogen) atoms. The third-order valence-electron chi connectivity index (χ3n) is 3.14. The Morgan fingerprint density at radius 2 is 2.26 bits per heavy atom. The number of aromatic nitrogens is 4. The van der Waals surface area contributed by atoms with E-state index >= 15 is 0 Å². The molecule has 100 valence electrons. The van der Waals surface area contributed by atoms with Gasteiger partial charge in [-0.3, -0.25) is 9.89 Å². The smallest absolute Gasteiger partial charge is 0.293 e. The molecule has 1 N–H and O–H groups in total. The van der Waals surface area contributed by atoms with Gasteiger partial charge in [0.1, 0.15) is 11.6 Å². The number of rotatable bonds is 3. The van der Waals surface area contributed by atoms with Gasteiger partial charge < -0.3 is 9.42 Å². The van der Waals surface area contributed by atoms with Gasteiger partial charge in [-0.15, -0.1) is 5.10 Å². The number of hydrogen-bond donors (Lipinski definition) is 1. The zero-order chi connectivity index (χ0) is 13.2. The molecule has 1 fully saturated rings. The molecule has 2 aromatic heterocycles. The van der Waals surface area contributed by atoms with E-state index in [1.807, 2.05) is 13.0 Å². The van der Waals surface area contributed by atoms with Crippen LogP contribution in [0.15, 0.2) is 10.6 Å². The summed E-state index contributed by atoms with van der Waals surface area (Å²) in [4.78, 5) is 18.1. The number of aromatic amines is 1. The number of hydrogen-bond acceptors (Lipinski definition) is 5. The molecule has 7 heteroatoms. The van der Waals surface area contributed by atoms with E-state index < -0.39 is 0 Å². The van der Waals surface area contributed by atoms with E-state index in [2.05, 4.69) is 20.3 Å². The average molecular weight is 261 g/mol. The summed E-state index contributed by atoms with van der Waals surface area (Å²) in [6, 6.07) is 1.84. The summed E-state index contributed by atoms with van der Waals surface area (Å²) < 4.78 is 4.99. The number of aryl methyl sites for hydroxylation is 1. The summed E-state index contributed by atoms with van der Waals surface area (Å²) in [5, 5.41) is 10.6. The molecular formula is C12H15N5O2. The normalized spacial score (nSPS) is 15.1. The van der Waals surface area contributed by atoms with Crippen LogP contribution in [0.25, 0.3) is 0 Å². The van der Waals surface area contributed by atoms with Crippen molar-refractivity contribution in [2.75, 3.05) is 13.1 Å². The van der Waals surface area contributed by atoms with Crippen molar-refractivity contribution in [2.45, 2.75) is 26.2 Å². The van der Waals surface area contributed by atoms with E-state index in [0.29, 0.717) is 12.2 Å². The van der Waals surface area contributed by atoms with E-state index in [0.717, 1.165) is 37.4 Å². The fraction of sp³-hybridized carbons (Fsp3) is 0.500. The molecule has 0 aliphatic carbocycles. The summed E-state index contributed by atoms with van der Waals surface area (Å²) in [5.74, 6) is 1.51. The second-order valence-corrected chi connectivity index (χ2v) is 4.71. The maximum Gasteiger partial charge on any atom is 0.293 e. The first-order chi connectivity index (χ1) is 9.22. The lowest BCUT2D eigenvalue weighted by atomic mass is 10.3.